The van der Waals surface area contributed by atoms with E-state index in [1.165, 1.54) is 19.2 Å². The van der Waals surface area contributed by atoms with Gasteiger partial charge in [0, 0.05) is 5.92 Å². The summed E-state index contributed by atoms with van der Waals surface area (Å²) in [5.41, 5.74) is -0.340. The second-order valence-corrected chi connectivity index (χ2v) is 4.60. The van der Waals surface area contributed by atoms with Crippen molar-refractivity contribution in [1.82, 2.24) is 5.32 Å². The topological polar surface area (TPSA) is 55.4 Å². The molecule has 0 radical (unpaired) electrons. The SMILES string of the molecule is COC(=O)CNC(=O)[C@H](C)Cc1cccc(C(F)(F)F)c1. The molecule has 1 aromatic carbocycles. The molecule has 21 heavy (non-hydrogen) atoms. The van der Waals surface area contributed by atoms with E-state index in [2.05, 4.69) is 10.1 Å². The quantitative estimate of drug-likeness (QED) is 0.848. The summed E-state index contributed by atoms with van der Waals surface area (Å²) in [5.74, 6) is -1.56. The van der Waals surface area contributed by atoms with E-state index in [1.54, 1.807) is 6.92 Å². The average molecular weight is 303 g/mol. The number of hydrogen-bond donors (Lipinski definition) is 1. The Bertz CT molecular complexity index is 514. The summed E-state index contributed by atoms with van der Waals surface area (Å²) in [6.45, 7) is 1.31. The molecule has 1 amide bonds. The van der Waals surface area contributed by atoms with Gasteiger partial charge in [-0.25, -0.2) is 0 Å². The van der Waals surface area contributed by atoms with Crippen LogP contribution in [0.5, 0.6) is 0 Å². The molecule has 0 unspecified atom stereocenters. The van der Waals surface area contributed by atoms with Gasteiger partial charge in [0.1, 0.15) is 6.54 Å². The molecular formula is C14H16F3NO3. The van der Waals surface area contributed by atoms with Crippen LogP contribution in [0.4, 0.5) is 13.2 Å². The van der Waals surface area contributed by atoms with E-state index < -0.39 is 29.5 Å². The van der Waals surface area contributed by atoms with Gasteiger partial charge in [-0.1, -0.05) is 25.1 Å². The highest BCUT2D eigenvalue weighted by atomic mass is 19.4. The van der Waals surface area contributed by atoms with E-state index >= 15 is 0 Å². The van der Waals surface area contributed by atoms with Crippen molar-refractivity contribution >= 4 is 11.9 Å². The number of hydrogen-bond acceptors (Lipinski definition) is 3. The van der Waals surface area contributed by atoms with Gasteiger partial charge in [-0.05, 0) is 18.1 Å². The first-order valence-corrected chi connectivity index (χ1v) is 6.24. The first-order chi connectivity index (χ1) is 9.74. The van der Waals surface area contributed by atoms with Crippen LogP contribution in [-0.2, 0) is 26.9 Å². The monoisotopic (exact) mass is 303 g/mol. The fourth-order valence-corrected chi connectivity index (χ4v) is 1.73. The van der Waals surface area contributed by atoms with Crippen molar-refractivity contribution in [3.63, 3.8) is 0 Å². The molecule has 7 heteroatoms. The van der Waals surface area contributed by atoms with Crippen LogP contribution in [0, 0.1) is 5.92 Å². The Morgan fingerprint density at radius 1 is 1.33 bits per heavy atom. The summed E-state index contributed by atoms with van der Waals surface area (Å²) in [7, 11) is 1.19. The van der Waals surface area contributed by atoms with Crippen LogP contribution < -0.4 is 5.32 Å². The second-order valence-electron chi connectivity index (χ2n) is 4.60. The summed E-state index contributed by atoms with van der Waals surface area (Å²) >= 11 is 0. The Hall–Kier alpha value is -2.05. The van der Waals surface area contributed by atoms with E-state index in [9.17, 15) is 22.8 Å². The van der Waals surface area contributed by atoms with Gasteiger partial charge in [-0.3, -0.25) is 9.59 Å². The Morgan fingerprint density at radius 3 is 2.57 bits per heavy atom. The molecular weight excluding hydrogens is 287 g/mol. The van der Waals surface area contributed by atoms with E-state index in [4.69, 9.17) is 0 Å². The number of nitrogens with one attached hydrogen (secondary N) is 1. The highest BCUT2D eigenvalue weighted by Gasteiger charge is 2.30. The minimum absolute atomic E-state index is 0.150. The Labute approximate surface area is 120 Å². The summed E-state index contributed by atoms with van der Waals surface area (Å²) in [4.78, 5) is 22.6. The lowest BCUT2D eigenvalue weighted by Crippen LogP contribution is -2.34. The summed E-state index contributed by atoms with van der Waals surface area (Å²) in [6, 6.07) is 4.83. The molecule has 0 aliphatic heterocycles. The Balaban J connectivity index is 2.64. The number of amides is 1. The predicted molar refractivity (Wildman–Crippen MR) is 69.3 cm³/mol. The third kappa shape index (κ3) is 5.45. The smallest absolute Gasteiger partial charge is 0.416 e. The standard InChI is InChI=1S/C14H16F3NO3/c1-9(13(20)18-8-12(19)21-2)6-10-4-3-5-11(7-10)14(15,16)17/h3-5,7,9H,6,8H2,1-2H3,(H,18,20)/t9-/m1/s1. The second kappa shape index (κ2) is 7.10. The number of halogens is 3. The van der Waals surface area contributed by atoms with Crippen molar-refractivity contribution in [2.75, 3.05) is 13.7 Å². The predicted octanol–water partition coefficient (Wildman–Crippen LogP) is 2.17. The zero-order valence-corrected chi connectivity index (χ0v) is 11.7. The molecule has 0 saturated heterocycles. The Morgan fingerprint density at radius 2 is 2.00 bits per heavy atom. The van der Waals surface area contributed by atoms with E-state index in [-0.39, 0.29) is 13.0 Å². The fourth-order valence-electron chi connectivity index (χ4n) is 1.73. The summed E-state index contributed by atoms with van der Waals surface area (Å²) in [5, 5.41) is 2.36. The molecule has 1 rings (SSSR count). The van der Waals surface area contributed by atoms with Gasteiger partial charge in [-0.15, -0.1) is 0 Å². The van der Waals surface area contributed by atoms with Crippen LogP contribution in [0.15, 0.2) is 24.3 Å². The van der Waals surface area contributed by atoms with Crippen LogP contribution in [0.2, 0.25) is 0 Å². The lowest BCUT2D eigenvalue weighted by Gasteiger charge is -2.13. The molecule has 0 aliphatic rings. The van der Waals surface area contributed by atoms with Gasteiger partial charge in [0.25, 0.3) is 0 Å². The zero-order chi connectivity index (χ0) is 16.0. The zero-order valence-electron chi connectivity index (χ0n) is 11.7. The number of alkyl halides is 3. The number of methoxy groups -OCH3 is 1. The van der Waals surface area contributed by atoms with Gasteiger partial charge in [0.15, 0.2) is 0 Å². The van der Waals surface area contributed by atoms with Crippen LogP contribution in [0.25, 0.3) is 0 Å². The Kier molecular flexibility index (Phi) is 5.75. The minimum Gasteiger partial charge on any atom is -0.468 e. The molecule has 0 aromatic heterocycles. The third-order valence-corrected chi connectivity index (χ3v) is 2.88. The molecule has 1 N–H and O–H groups in total. The number of esters is 1. The van der Waals surface area contributed by atoms with Crippen LogP contribution >= 0.6 is 0 Å². The molecule has 0 heterocycles. The van der Waals surface area contributed by atoms with Crippen LogP contribution in [-0.4, -0.2) is 25.5 Å². The lowest BCUT2D eigenvalue weighted by atomic mass is 9.98. The molecule has 0 fully saturated rings. The normalized spacial score (nSPS) is 12.6. The van der Waals surface area contributed by atoms with Crippen molar-refractivity contribution in [1.29, 1.82) is 0 Å². The number of rotatable bonds is 5. The molecule has 0 spiro atoms. The number of ether oxygens (including phenoxy) is 1. The first kappa shape index (κ1) is 17.0. The fraction of sp³-hybridized carbons (Fsp3) is 0.429. The van der Waals surface area contributed by atoms with Crippen molar-refractivity contribution in [2.45, 2.75) is 19.5 Å². The molecule has 0 saturated carbocycles. The minimum atomic E-state index is -4.41. The molecule has 116 valence electrons. The van der Waals surface area contributed by atoms with E-state index in [0.29, 0.717) is 5.56 Å². The van der Waals surface area contributed by atoms with E-state index in [1.807, 2.05) is 0 Å². The maximum absolute atomic E-state index is 12.6. The van der Waals surface area contributed by atoms with Gasteiger partial charge in [0.2, 0.25) is 5.91 Å². The molecule has 1 aromatic rings. The van der Waals surface area contributed by atoms with Crippen molar-refractivity contribution in [3.05, 3.63) is 35.4 Å². The van der Waals surface area contributed by atoms with Gasteiger partial charge < -0.3 is 10.1 Å². The summed E-state index contributed by atoms with van der Waals surface area (Å²) < 4.78 is 42.1. The largest absolute Gasteiger partial charge is 0.468 e. The maximum atomic E-state index is 12.6. The van der Waals surface area contributed by atoms with Crippen LogP contribution in [0.3, 0.4) is 0 Å². The van der Waals surface area contributed by atoms with Crippen molar-refractivity contribution in [3.8, 4) is 0 Å². The van der Waals surface area contributed by atoms with Crippen LogP contribution in [0.1, 0.15) is 18.1 Å². The number of carbonyl (C=O) groups excluding carboxylic acids is 2. The molecule has 1 atom stereocenters. The van der Waals surface area contributed by atoms with Gasteiger partial charge >= 0.3 is 12.1 Å². The molecule has 0 bridgehead atoms. The van der Waals surface area contributed by atoms with Gasteiger partial charge in [0.05, 0.1) is 12.7 Å². The number of carbonyl (C=O) groups is 2. The maximum Gasteiger partial charge on any atom is 0.416 e. The highest BCUT2D eigenvalue weighted by molar-refractivity contribution is 5.83. The van der Waals surface area contributed by atoms with Crippen molar-refractivity contribution < 1.29 is 27.5 Å². The molecule has 0 aliphatic carbocycles. The number of benzene rings is 1. The van der Waals surface area contributed by atoms with E-state index in [0.717, 1.165) is 12.1 Å². The van der Waals surface area contributed by atoms with Gasteiger partial charge in [-0.2, -0.15) is 13.2 Å². The highest BCUT2D eigenvalue weighted by Crippen LogP contribution is 2.29. The summed E-state index contributed by atoms with van der Waals surface area (Å²) in [6.07, 6.45) is -4.26. The molecule has 4 nitrogen and oxygen atoms in total. The first-order valence-electron chi connectivity index (χ1n) is 6.24. The third-order valence-electron chi connectivity index (χ3n) is 2.88. The van der Waals surface area contributed by atoms with Crippen molar-refractivity contribution in [2.24, 2.45) is 5.92 Å². The lowest BCUT2D eigenvalue weighted by molar-refractivity contribution is -0.141. The average Bonchev–Trinajstić information content (AvgIpc) is 2.43.